The smallest absolute Gasteiger partial charge is 0.694 e. The summed E-state index contributed by atoms with van der Waals surface area (Å²) in [6.45, 7) is 1.81. The second-order valence-corrected chi connectivity index (χ2v) is 229. The van der Waals surface area contributed by atoms with Crippen molar-refractivity contribution in [1.29, 1.82) is 0 Å². The molecule has 0 atom stereocenters. The maximum Gasteiger partial charge on any atom is 1.00 e. The van der Waals surface area contributed by atoms with Gasteiger partial charge in [-0.2, -0.15) is 0 Å². The van der Waals surface area contributed by atoms with Crippen molar-refractivity contribution in [2.75, 3.05) is 5.73 Å². The Morgan fingerprint density at radius 1 is 0.338 bits per heavy atom. The number of hydrogen-bond donors (Lipinski definition) is 2. The molecule has 0 aliphatic rings. The first-order chi connectivity index (χ1) is 31.9. The first kappa shape index (κ1) is 98.3. The molecule has 1 aromatic carbocycles. The van der Waals surface area contributed by atoms with Crippen LogP contribution in [0, 0.1) is 6.92 Å². The van der Waals surface area contributed by atoms with E-state index in [4.69, 9.17) is 465 Å². The predicted octanol–water partition coefficient (Wildman–Crippen LogP) is 0.572. The van der Waals surface area contributed by atoms with E-state index in [1.54, 1.807) is 45.5 Å². The fourth-order valence-corrected chi connectivity index (χ4v) is 456. The quantitative estimate of drug-likeness (QED) is 0.0668. The van der Waals surface area contributed by atoms with Gasteiger partial charge >= 0.3 is 51.4 Å². The molecule has 0 aliphatic heterocycles. The molecule has 0 heterocycles. The van der Waals surface area contributed by atoms with E-state index in [0.717, 1.165) is 5.56 Å². The first-order valence-corrected chi connectivity index (χ1v) is 97.2. The Labute approximate surface area is 702 Å². The van der Waals surface area contributed by atoms with Gasteiger partial charge in [0.2, 0.25) is 0 Å². The van der Waals surface area contributed by atoms with E-state index in [-0.39, 0.29) is 69.5 Å². The number of nitrogen functional groups attached to an aromatic ring is 1. The van der Waals surface area contributed by atoms with Crippen LogP contribution in [0.4, 0.5) is 5.69 Å². The van der Waals surface area contributed by atoms with E-state index >= 15 is 0 Å². The molecule has 0 saturated carbocycles. The minimum atomic E-state index is -3.92. The summed E-state index contributed by atoms with van der Waals surface area (Å²) in [6.07, 6.45) is 0. The summed E-state index contributed by atoms with van der Waals surface area (Å²) < 4.78 is -2.68. The number of aromatic hydroxyl groups is 1. The molecule has 77 heavy (non-hydrogen) atoms. The van der Waals surface area contributed by atoms with Gasteiger partial charge in [-0.3, -0.25) is 0 Å². The molecular weight excluding hydrogens is 2320 g/mol. The standard InChI is InChI=1S/C11H13NO.ClH.HIS61.K/c1-9-8-10(12)6-4-2-3-5-7-11(9)13;;1-43(2,3)45(7,8)47(11,12)49(15,16)51(19,20)53(23,24)55(27,28)57(31,32)59(35,36)61(39,40)62(41,42)60(37,38)58(33,34)56(29,30)54(25,26)52(21,22)50(17,18)48(13,14)46(9,10)44(4,5)6;/h2-8,13H,12H2,1H3;1H;(H,4,5,6);/q;;;+1/p-1. The topological polar surface area (TPSA) is 46.2 Å². The summed E-state index contributed by atoms with van der Waals surface area (Å²) in [6, 6.07) is 12.5. The van der Waals surface area contributed by atoms with Crippen LogP contribution in [0.25, 0.3) is 0 Å². The number of aryl methyl sites for hydroxylation is 1. The van der Waals surface area contributed by atoms with Crippen LogP contribution < -0.4 is 57.1 Å². The molecule has 0 aliphatic carbocycles. The van der Waals surface area contributed by atoms with E-state index in [1.165, 1.54) is 0 Å². The Hall–Kier alpha value is 17.1. The van der Waals surface area contributed by atoms with Crippen LogP contribution in [-0.4, -0.2) is 5.11 Å². The first-order valence-electron chi connectivity index (χ1n) is 14.2. The predicted molar refractivity (Wildman–Crippen MR) is 525 cm³/mol. The molecule has 1 aromatic rings. The zero-order valence-electron chi connectivity index (χ0n) is 34.3. The molecule has 0 radical (unpaired) electrons. The molecule has 0 amide bonds. The van der Waals surface area contributed by atoms with E-state index in [2.05, 4.69) is 0 Å². The summed E-state index contributed by atoms with van der Waals surface area (Å²) in [5.41, 5.74) is 7.04. The van der Waals surface area contributed by atoms with Gasteiger partial charge in [-0.1, -0.05) is 46.6 Å². The molecule has 3 N–H and O–H groups in total. The largest absolute Gasteiger partial charge is 1.00 e. The molecular formula is C11H14ClIKNOS61. The molecule has 0 unspecified atom stereocenters. The van der Waals surface area contributed by atoms with Crippen molar-refractivity contribution in [3.8, 4) is 5.75 Å². The maximum absolute atomic E-state index is 9.45. The minimum Gasteiger partial charge on any atom is -0.694 e. The van der Waals surface area contributed by atoms with Crippen molar-refractivity contribution in [3.63, 3.8) is 0 Å². The van der Waals surface area contributed by atoms with Gasteiger partial charge in [-0.15, -0.1) is 17.6 Å². The van der Waals surface area contributed by atoms with Gasteiger partial charge in [0.15, 0.2) is 0 Å². The maximum atomic E-state index is 9.45. The fourth-order valence-electron chi connectivity index (χ4n) is 2.78. The minimum absolute atomic E-state index is 0. The molecule has 0 aromatic heterocycles. The van der Waals surface area contributed by atoms with Crippen LogP contribution in [0.3, 0.4) is 0 Å². The van der Waals surface area contributed by atoms with Crippen molar-refractivity contribution >= 4 is 601 Å². The third-order valence-corrected chi connectivity index (χ3v) is 394. The summed E-state index contributed by atoms with van der Waals surface area (Å²) in [5.74, 6) is 0.239. The second-order valence-electron chi connectivity index (χ2n) is 11.0. The summed E-state index contributed by atoms with van der Waals surface area (Å²) >= 11 is 243. The monoisotopic (exact) mass is 2330 g/mol. The number of rotatable bonds is 19. The van der Waals surface area contributed by atoms with Crippen molar-refractivity contribution in [2.45, 2.75) is 6.92 Å². The van der Waals surface area contributed by atoms with E-state index < -0.39 is 102 Å². The zero-order chi connectivity index (χ0) is 61.7. The average molecular weight is 2330 g/mol. The van der Waals surface area contributed by atoms with Crippen LogP contribution in [-0.2, 0) is 562 Å². The van der Waals surface area contributed by atoms with Gasteiger partial charge in [0.1, 0.15) is 5.75 Å². The molecule has 1 rings (SSSR count). The molecule has 0 bridgehead atoms. The van der Waals surface area contributed by atoms with Crippen LogP contribution in [0.5, 0.6) is 5.75 Å². The molecule has 0 spiro atoms. The van der Waals surface area contributed by atoms with Crippen LogP contribution in [0.1, 0.15) is 5.56 Å². The Morgan fingerprint density at radius 3 is 0.688 bits per heavy atom. The van der Waals surface area contributed by atoms with Crippen molar-refractivity contribution in [2.24, 2.45) is 0 Å². The molecule has 450 valence electrons. The molecule has 2 nitrogen and oxygen atoms in total. The normalized spacial score (nSPS) is 15.1. The Balaban J connectivity index is -0.00000316. The summed E-state index contributed by atoms with van der Waals surface area (Å²) in [7, 11) is 0. The van der Waals surface area contributed by atoms with Gasteiger partial charge in [0.25, 0.3) is 0 Å². The average Bonchev–Trinajstić information content (AvgIpc) is 3.19. The number of hydrogen-bond acceptors (Lipinski definition) is 43. The number of nitrogens with two attached hydrogens (primary N) is 1. The molecule has 0 saturated heterocycles. The van der Waals surface area contributed by atoms with Gasteiger partial charge in [0, 0.05) is 124 Å². The van der Waals surface area contributed by atoms with Crippen LogP contribution in [0.2, 0.25) is 0 Å². The van der Waals surface area contributed by atoms with E-state index in [9.17, 15) is 5.11 Å². The van der Waals surface area contributed by atoms with Crippen LogP contribution >= 0.6 is 33.6 Å². The van der Waals surface area contributed by atoms with Gasteiger partial charge in [-0.05, 0) is 456 Å². The molecule has 66 heteroatoms. The Morgan fingerprint density at radius 2 is 0.506 bits per heavy atom. The SMILES string of the molecule is Cc1cc(N)ccccccc1O.Cl.S=S(=S)([S-])S(=S)(=S)S(=S)(=S)S(=S)(=S)S(=S)(=S)S(=S)(=S)S(=S)(=S)S(=S)(=S)S(=S)(=S)S(=S)(=S)S(=S)(=S)S(=S)(=S)S(=S)(=S)S(=S)(=S)S(=S)(=S)S(=S)(=S)S(=S)(=S)S(=S)(=S)S(=S)(=S)S(=S)(=S)I.[K+]. The van der Waals surface area contributed by atoms with Crippen molar-refractivity contribution < 1.29 is 56.5 Å². The Bertz CT molecular complexity index is 4860. The third-order valence-electron chi connectivity index (χ3n) is 6.41. The van der Waals surface area contributed by atoms with E-state index in [0.29, 0.717) is 5.69 Å². The van der Waals surface area contributed by atoms with Crippen LogP contribution in [0.15, 0.2) is 42.5 Å². The van der Waals surface area contributed by atoms with Gasteiger partial charge in [-0.25, -0.2) is 0 Å². The third kappa shape index (κ3) is 18.4. The fraction of sp³-hybridized carbons (Fsp3) is 0.0909. The summed E-state index contributed by atoms with van der Waals surface area (Å²) in [4.78, 5) is 0. The molecule has 0 fully saturated rings. The van der Waals surface area contributed by atoms with Gasteiger partial charge in [0.05, 0.1) is 0 Å². The van der Waals surface area contributed by atoms with Crippen molar-refractivity contribution in [3.05, 3.63) is 48.0 Å². The van der Waals surface area contributed by atoms with Gasteiger partial charge < -0.3 is 22.5 Å². The zero-order valence-corrected chi connectivity index (χ0v) is 90.2. The number of anilines is 1. The van der Waals surface area contributed by atoms with Crippen molar-refractivity contribution in [1.82, 2.24) is 0 Å². The Kier molecular flexibility index (Phi) is 43.0. The second kappa shape index (κ2) is 33.7. The van der Waals surface area contributed by atoms with E-state index in [1.807, 2.05) is 25.1 Å². The summed E-state index contributed by atoms with van der Waals surface area (Å²) in [5, 5.41) is -60.1. The number of halogens is 2.